The highest BCUT2D eigenvalue weighted by Crippen LogP contribution is 2.64. The second-order valence-corrected chi connectivity index (χ2v) is 9.62. The maximum Gasteiger partial charge on any atom is 0.233 e. The highest BCUT2D eigenvalue weighted by atomic mass is 35.5. The van der Waals surface area contributed by atoms with Crippen molar-refractivity contribution in [2.75, 3.05) is 10.5 Å². The molecule has 0 aliphatic heterocycles. The monoisotopic (exact) mass is 355 g/mol. The predicted octanol–water partition coefficient (Wildman–Crippen LogP) is 3.79. The molecule has 2 unspecified atom stereocenters. The van der Waals surface area contributed by atoms with Crippen LogP contribution in [0.5, 0.6) is 0 Å². The SMILES string of the molecule is Cc1ccc(NS(=O)(=O)CC23CCC(CC2=O)C3(C)C)cc1Cl. The van der Waals surface area contributed by atoms with Crippen LogP contribution in [0.1, 0.15) is 38.7 Å². The molecule has 2 saturated carbocycles. The first-order chi connectivity index (χ1) is 10.6. The number of ketones is 1. The Morgan fingerprint density at radius 1 is 1.35 bits per heavy atom. The summed E-state index contributed by atoms with van der Waals surface area (Å²) in [6.07, 6.45) is 2.11. The Hall–Kier alpha value is -1.07. The molecule has 4 nitrogen and oxygen atoms in total. The summed E-state index contributed by atoms with van der Waals surface area (Å²) in [5.41, 5.74) is 0.315. The zero-order valence-electron chi connectivity index (χ0n) is 13.6. The number of halogens is 1. The van der Waals surface area contributed by atoms with E-state index in [-0.39, 0.29) is 17.0 Å². The number of Topliss-reactive ketones (excluding diaryl/α,β-unsaturated/α-hetero) is 1. The molecular formula is C17H22ClNO3S. The number of rotatable bonds is 4. The van der Waals surface area contributed by atoms with Crippen LogP contribution in [-0.4, -0.2) is 20.0 Å². The molecule has 1 aromatic carbocycles. The maximum absolute atomic E-state index is 12.7. The molecule has 1 N–H and O–H groups in total. The lowest BCUT2D eigenvalue weighted by Gasteiger charge is -2.36. The molecule has 3 rings (SSSR count). The fourth-order valence-electron chi connectivity index (χ4n) is 4.30. The highest BCUT2D eigenvalue weighted by molar-refractivity contribution is 7.92. The van der Waals surface area contributed by atoms with E-state index < -0.39 is 15.4 Å². The van der Waals surface area contributed by atoms with Crippen molar-refractivity contribution in [3.63, 3.8) is 0 Å². The second-order valence-electron chi connectivity index (χ2n) is 7.49. The fraction of sp³-hybridized carbons (Fsp3) is 0.588. The Bertz CT molecular complexity index is 772. The number of hydrogen-bond donors (Lipinski definition) is 1. The van der Waals surface area contributed by atoms with Gasteiger partial charge in [-0.3, -0.25) is 9.52 Å². The van der Waals surface area contributed by atoms with Gasteiger partial charge in [-0.1, -0.05) is 31.5 Å². The van der Waals surface area contributed by atoms with Crippen LogP contribution < -0.4 is 4.72 Å². The highest BCUT2D eigenvalue weighted by Gasteiger charge is 2.65. The Balaban J connectivity index is 1.86. The van der Waals surface area contributed by atoms with Gasteiger partial charge in [0.2, 0.25) is 10.0 Å². The molecule has 23 heavy (non-hydrogen) atoms. The average Bonchev–Trinajstić information content (AvgIpc) is 2.76. The fourth-order valence-corrected chi connectivity index (χ4v) is 6.37. The van der Waals surface area contributed by atoms with Crippen LogP contribution in [0.4, 0.5) is 5.69 Å². The predicted molar refractivity (Wildman–Crippen MR) is 92.2 cm³/mol. The van der Waals surface area contributed by atoms with Gasteiger partial charge in [0.05, 0.1) is 11.2 Å². The molecular weight excluding hydrogens is 334 g/mol. The molecule has 1 aromatic rings. The lowest BCUT2D eigenvalue weighted by molar-refractivity contribution is -0.128. The standard InChI is InChI=1S/C17H22ClNO3S/c1-11-4-5-13(9-14(11)18)19-23(21,22)10-17-7-6-12(8-15(17)20)16(17,2)3/h4-5,9,12,19H,6-8,10H2,1-3H3. The molecule has 6 heteroatoms. The zero-order chi connectivity index (χ0) is 17.0. The average molecular weight is 356 g/mol. The van der Waals surface area contributed by atoms with Gasteiger partial charge >= 0.3 is 0 Å². The number of nitrogens with one attached hydrogen (secondary N) is 1. The molecule has 126 valence electrons. The number of carbonyl (C=O) groups is 1. The van der Waals surface area contributed by atoms with Crippen LogP contribution in [0.25, 0.3) is 0 Å². The van der Waals surface area contributed by atoms with Crippen molar-refractivity contribution >= 4 is 33.1 Å². The van der Waals surface area contributed by atoms with Crippen LogP contribution in [0.15, 0.2) is 18.2 Å². The van der Waals surface area contributed by atoms with Gasteiger partial charge in [-0.15, -0.1) is 0 Å². The molecule has 0 saturated heterocycles. The largest absolute Gasteiger partial charge is 0.299 e. The van der Waals surface area contributed by atoms with Crippen LogP contribution in [0.2, 0.25) is 5.02 Å². The molecule has 2 fully saturated rings. The smallest absolute Gasteiger partial charge is 0.233 e. The molecule has 0 aromatic heterocycles. The summed E-state index contributed by atoms with van der Waals surface area (Å²) in [6, 6.07) is 5.06. The van der Waals surface area contributed by atoms with E-state index in [0.29, 0.717) is 29.5 Å². The number of anilines is 1. The third kappa shape index (κ3) is 2.58. The zero-order valence-corrected chi connectivity index (χ0v) is 15.2. The van der Waals surface area contributed by atoms with Gasteiger partial charge in [-0.2, -0.15) is 0 Å². The van der Waals surface area contributed by atoms with Crippen LogP contribution in [0, 0.1) is 23.7 Å². The normalized spacial score (nSPS) is 29.0. The van der Waals surface area contributed by atoms with Gasteiger partial charge in [-0.05, 0) is 48.8 Å². The Labute approximate surface area is 142 Å². The van der Waals surface area contributed by atoms with Crippen molar-refractivity contribution < 1.29 is 13.2 Å². The summed E-state index contributed by atoms with van der Waals surface area (Å²) >= 11 is 6.05. The first-order valence-corrected chi connectivity index (χ1v) is 9.90. The molecule has 2 aliphatic carbocycles. The maximum atomic E-state index is 12.7. The van der Waals surface area contributed by atoms with E-state index in [1.54, 1.807) is 18.2 Å². The van der Waals surface area contributed by atoms with Crippen molar-refractivity contribution in [1.29, 1.82) is 0 Å². The van der Waals surface area contributed by atoms with Gasteiger partial charge in [0.25, 0.3) is 0 Å². The summed E-state index contributed by atoms with van der Waals surface area (Å²) in [5, 5.41) is 0.515. The minimum atomic E-state index is -3.62. The minimum absolute atomic E-state index is 0.103. The number of aryl methyl sites for hydroxylation is 1. The molecule has 2 atom stereocenters. The Kier molecular flexibility index (Phi) is 3.80. The van der Waals surface area contributed by atoms with E-state index >= 15 is 0 Å². The third-order valence-electron chi connectivity index (χ3n) is 6.02. The Morgan fingerprint density at radius 2 is 2.04 bits per heavy atom. The van der Waals surface area contributed by atoms with E-state index in [4.69, 9.17) is 11.6 Å². The number of carbonyl (C=O) groups excluding carboxylic acids is 1. The summed E-state index contributed by atoms with van der Waals surface area (Å²) in [5.74, 6) is 0.262. The summed E-state index contributed by atoms with van der Waals surface area (Å²) < 4.78 is 27.9. The summed E-state index contributed by atoms with van der Waals surface area (Å²) in [4.78, 5) is 12.5. The van der Waals surface area contributed by atoms with Gasteiger partial charge in [-0.25, -0.2) is 8.42 Å². The minimum Gasteiger partial charge on any atom is -0.299 e. The number of benzene rings is 1. The van der Waals surface area contributed by atoms with Gasteiger partial charge in [0, 0.05) is 17.1 Å². The Morgan fingerprint density at radius 3 is 2.57 bits per heavy atom. The first kappa shape index (κ1) is 16.8. The number of hydrogen-bond acceptors (Lipinski definition) is 3. The summed E-state index contributed by atoms with van der Waals surface area (Å²) in [6.45, 7) is 5.93. The summed E-state index contributed by atoms with van der Waals surface area (Å²) in [7, 11) is -3.62. The van der Waals surface area contributed by atoms with E-state index in [2.05, 4.69) is 4.72 Å². The quantitative estimate of drug-likeness (QED) is 0.893. The van der Waals surface area contributed by atoms with Crippen molar-refractivity contribution in [1.82, 2.24) is 0 Å². The molecule has 2 aliphatic rings. The number of fused-ring (bicyclic) bond motifs is 2. The van der Waals surface area contributed by atoms with E-state index in [0.717, 1.165) is 12.0 Å². The lowest BCUT2D eigenvalue weighted by Crippen LogP contribution is -2.43. The molecule has 0 amide bonds. The van der Waals surface area contributed by atoms with Gasteiger partial charge in [0.15, 0.2) is 0 Å². The van der Waals surface area contributed by atoms with Crippen molar-refractivity contribution in [2.24, 2.45) is 16.7 Å². The lowest BCUT2D eigenvalue weighted by atomic mass is 9.70. The van der Waals surface area contributed by atoms with Gasteiger partial charge < -0.3 is 0 Å². The molecule has 0 heterocycles. The van der Waals surface area contributed by atoms with Crippen LogP contribution in [-0.2, 0) is 14.8 Å². The molecule has 0 radical (unpaired) electrons. The first-order valence-electron chi connectivity index (χ1n) is 7.87. The molecule has 0 spiro atoms. The van der Waals surface area contributed by atoms with Gasteiger partial charge in [0.1, 0.15) is 5.78 Å². The van der Waals surface area contributed by atoms with E-state index in [9.17, 15) is 13.2 Å². The van der Waals surface area contributed by atoms with Crippen LogP contribution in [0.3, 0.4) is 0 Å². The van der Waals surface area contributed by atoms with Crippen molar-refractivity contribution in [3.8, 4) is 0 Å². The second kappa shape index (κ2) is 5.21. The van der Waals surface area contributed by atoms with E-state index in [1.807, 2.05) is 20.8 Å². The van der Waals surface area contributed by atoms with Crippen molar-refractivity contribution in [3.05, 3.63) is 28.8 Å². The van der Waals surface area contributed by atoms with E-state index in [1.165, 1.54) is 0 Å². The third-order valence-corrected chi connectivity index (χ3v) is 7.85. The van der Waals surface area contributed by atoms with Crippen molar-refractivity contribution in [2.45, 2.75) is 40.0 Å². The topological polar surface area (TPSA) is 63.2 Å². The molecule has 2 bridgehead atoms. The number of sulfonamides is 1. The van der Waals surface area contributed by atoms with Crippen LogP contribution >= 0.6 is 11.6 Å².